The number of rotatable bonds is 7. The molecular formula is C14H21NOS. The first-order valence-electron chi connectivity index (χ1n) is 6.20. The maximum atomic E-state index is 5.98. The summed E-state index contributed by atoms with van der Waals surface area (Å²) in [6, 6.07) is 10.2. The average molecular weight is 251 g/mol. The van der Waals surface area contributed by atoms with Crippen LogP contribution in [0.25, 0.3) is 0 Å². The van der Waals surface area contributed by atoms with Gasteiger partial charge in [0.15, 0.2) is 5.05 Å². The highest BCUT2D eigenvalue weighted by molar-refractivity contribution is 7.80. The lowest BCUT2D eigenvalue weighted by Crippen LogP contribution is -2.31. The predicted octanol–water partition coefficient (Wildman–Crippen LogP) is 3.09. The van der Waals surface area contributed by atoms with Crippen LogP contribution >= 0.6 is 12.2 Å². The minimum atomic E-state index is -0.137. The second kappa shape index (κ2) is 8.20. The maximum Gasteiger partial charge on any atom is 0.176 e. The molecule has 0 radical (unpaired) electrons. The number of aryl methyl sites for hydroxylation is 1. The van der Waals surface area contributed by atoms with Gasteiger partial charge in [-0.25, -0.2) is 0 Å². The molecule has 0 aliphatic rings. The number of benzene rings is 1. The van der Waals surface area contributed by atoms with Crippen molar-refractivity contribution in [2.24, 2.45) is 5.73 Å². The third-order valence-corrected chi connectivity index (χ3v) is 3.05. The van der Waals surface area contributed by atoms with E-state index in [4.69, 9.17) is 22.7 Å². The fraction of sp³-hybridized carbons (Fsp3) is 0.500. The molecule has 3 heteroatoms. The Morgan fingerprint density at radius 3 is 2.71 bits per heavy atom. The molecule has 0 amide bonds. The fourth-order valence-electron chi connectivity index (χ4n) is 1.51. The van der Waals surface area contributed by atoms with Crippen LogP contribution in [0.3, 0.4) is 0 Å². The highest BCUT2D eigenvalue weighted by atomic mass is 32.1. The molecule has 0 heterocycles. The maximum absolute atomic E-state index is 5.98. The largest absolute Gasteiger partial charge is 0.485 e. The molecule has 0 bridgehead atoms. The lowest BCUT2D eigenvalue weighted by Gasteiger charge is -2.14. The third-order valence-electron chi connectivity index (χ3n) is 2.63. The molecule has 1 unspecified atom stereocenters. The van der Waals surface area contributed by atoms with Crippen molar-refractivity contribution in [2.45, 2.75) is 38.6 Å². The summed E-state index contributed by atoms with van der Waals surface area (Å²) in [5.41, 5.74) is 7.27. The van der Waals surface area contributed by atoms with E-state index in [2.05, 4.69) is 19.1 Å². The first-order chi connectivity index (χ1) is 8.24. The minimum Gasteiger partial charge on any atom is -0.485 e. The van der Waals surface area contributed by atoms with E-state index in [1.165, 1.54) is 5.56 Å². The number of thiocarbonyl (C=S) groups is 1. The number of unbranched alkanes of at least 4 members (excludes halogenated alkanes) is 1. The standard InChI is InChI=1S/C14H21NOS/c1-2-3-11-16-14(17)13(15)10-9-12-7-5-4-6-8-12/h4-8,13H,2-3,9-11,15H2,1H3. The lowest BCUT2D eigenvalue weighted by atomic mass is 10.1. The van der Waals surface area contributed by atoms with Crippen molar-refractivity contribution < 1.29 is 4.74 Å². The topological polar surface area (TPSA) is 35.2 Å². The summed E-state index contributed by atoms with van der Waals surface area (Å²) in [5, 5.41) is 0.550. The molecule has 1 atom stereocenters. The summed E-state index contributed by atoms with van der Waals surface area (Å²) in [7, 11) is 0. The fourth-order valence-corrected chi connectivity index (χ4v) is 1.71. The van der Waals surface area contributed by atoms with Crippen LogP contribution in [0.1, 0.15) is 31.7 Å². The van der Waals surface area contributed by atoms with Gasteiger partial charge in [-0.2, -0.15) is 0 Å². The average Bonchev–Trinajstić information content (AvgIpc) is 2.37. The SMILES string of the molecule is CCCCOC(=S)C(N)CCc1ccccc1. The molecule has 0 saturated carbocycles. The summed E-state index contributed by atoms with van der Waals surface area (Å²) >= 11 is 5.16. The van der Waals surface area contributed by atoms with E-state index in [-0.39, 0.29) is 6.04 Å². The van der Waals surface area contributed by atoms with Crippen LogP contribution in [-0.4, -0.2) is 17.7 Å². The van der Waals surface area contributed by atoms with Crippen LogP contribution in [0.2, 0.25) is 0 Å². The Morgan fingerprint density at radius 1 is 1.35 bits per heavy atom. The molecule has 0 aromatic heterocycles. The highest BCUT2D eigenvalue weighted by Crippen LogP contribution is 2.06. The molecule has 2 N–H and O–H groups in total. The molecule has 0 saturated heterocycles. The quantitative estimate of drug-likeness (QED) is 0.597. The molecule has 0 aliphatic heterocycles. The van der Waals surface area contributed by atoms with Gasteiger partial charge in [-0.05, 0) is 37.0 Å². The van der Waals surface area contributed by atoms with Crippen LogP contribution in [0.4, 0.5) is 0 Å². The van der Waals surface area contributed by atoms with Crippen molar-refractivity contribution in [1.82, 2.24) is 0 Å². The molecule has 0 aliphatic carbocycles. The van der Waals surface area contributed by atoms with E-state index < -0.39 is 0 Å². The normalized spacial score (nSPS) is 12.1. The van der Waals surface area contributed by atoms with Gasteiger partial charge in [0.25, 0.3) is 0 Å². The van der Waals surface area contributed by atoms with E-state index in [0.29, 0.717) is 11.7 Å². The molecule has 0 spiro atoms. The van der Waals surface area contributed by atoms with E-state index >= 15 is 0 Å². The molecule has 1 rings (SSSR count). The van der Waals surface area contributed by atoms with Gasteiger partial charge in [-0.1, -0.05) is 43.7 Å². The number of hydrogen-bond donors (Lipinski definition) is 1. The van der Waals surface area contributed by atoms with Crippen molar-refractivity contribution in [2.75, 3.05) is 6.61 Å². The van der Waals surface area contributed by atoms with Gasteiger partial charge in [-0.15, -0.1) is 0 Å². The van der Waals surface area contributed by atoms with Crippen molar-refractivity contribution >= 4 is 17.3 Å². The molecular weight excluding hydrogens is 230 g/mol. The van der Waals surface area contributed by atoms with Gasteiger partial charge in [0, 0.05) is 0 Å². The van der Waals surface area contributed by atoms with E-state index in [1.54, 1.807) is 0 Å². The molecule has 17 heavy (non-hydrogen) atoms. The Hall–Kier alpha value is -0.930. The zero-order valence-electron chi connectivity index (χ0n) is 10.4. The molecule has 1 aromatic rings. The minimum absolute atomic E-state index is 0.137. The second-order valence-corrected chi connectivity index (χ2v) is 4.55. The molecule has 0 fully saturated rings. The van der Waals surface area contributed by atoms with Crippen molar-refractivity contribution in [3.8, 4) is 0 Å². The van der Waals surface area contributed by atoms with E-state index in [0.717, 1.165) is 25.7 Å². The van der Waals surface area contributed by atoms with Crippen LogP contribution in [0.15, 0.2) is 30.3 Å². The Morgan fingerprint density at radius 2 is 2.06 bits per heavy atom. The summed E-state index contributed by atoms with van der Waals surface area (Å²) < 4.78 is 5.44. The van der Waals surface area contributed by atoms with E-state index in [9.17, 15) is 0 Å². The van der Waals surface area contributed by atoms with Gasteiger partial charge in [0.2, 0.25) is 0 Å². The number of ether oxygens (including phenoxy) is 1. The Balaban J connectivity index is 2.24. The van der Waals surface area contributed by atoms with Crippen LogP contribution in [0.5, 0.6) is 0 Å². The first-order valence-corrected chi connectivity index (χ1v) is 6.61. The Kier molecular flexibility index (Phi) is 6.82. The third kappa shape index (κ3) is 5.80. The molecule has 2 nitrogen and oxygen atoms in total. The van der Waals surface area contributed by atoms with Crippen molar-refractivity contribution in [1.29, 1.82) is 0 Å². The van der Waals surface area contributed by atoms with Crippen molar-refractivity contribution in [3.05, 3.63) is 35.9 Å². The second-order valence-electron chi connectivity index (χ2n) is 4.15. The zero-order chi connectivity index (χ0) is 12.5. The van der Waals surface area contributed by atoms with Crippen molar-refractivity contribution in [3.63, 3.8) is 0 Å². The number of hydrogen-bond acceptors (Lipinski definition) is 3. The summed E-state index contributed by atoms with van der Waals surface area (Å²) in [6.07, 6.45) is 3.93. The van der Waals surface area contributed by atoms with E-state index in [1.807, 2.05) is 18.2 Å². The zero-order valence-corrected chi connectivity index (χ0v) is 11.2. The summed E-state index contributed by atoms with van der Waals surface area (Å²) in [4.78, 5) is 0. The van der Waals surface area contributed by atoms with Gasteiger partial charge in [-0.3, -0.25) is 0 Å². The highest BCUT2D eigenvalue weighted by Gasteiger charge is 2.10. The smallest absolute Gasteiger partial charge is 0.176 e. The lowest BCUT2D eigenvalue weighted by molar-refractivity contribution is 0.290. The molecule has 94 valence electrons. The summed E-state index contributed by atoms with van der Waals surface area (Å²) in [5.74, 6) is 0. The molecule has 1 aromatic carbocycles. The van der Waals surface area contributed by atoms with Crippen LogP contribution < -0.4 is 5.73 Å². The Bertz CT molecular complexity index is 326. The first kappa shape index (κ1) is 14.1. The van der Waals surface area contributed by atoms with Gasteiger partial charge in [0.05, 0.1) is 12.6 Å². The predicted molar refractivity (Wildman–Crippen MR) is 76.2 cm³/mol. The number of nitrogens with two attached hydrogens (primary N) is 1. The van der Waals surface area contributed by atoms with Gasteiger partial charge in [0.1, 0.15) is 0 Å². The van der Waals surface area contributed by atoms with Crippen LogP contribution in [0, 0.1) is 0 Å². The monoisotopic (exact) mass is 251 g/mol. The van der Waals surface area contributed by atoms with Gasteiger partial charge < -0.3 is 10.5 Å². The summed E-state index contributed by atoms with van der Waals surface area (Å²) in [6.45, 7) is 2.82. The van der Waals surface area contributed by atoms with Gasteiger partial charge >= 0.3 is 0 Å². The van der Waals surface area contributed by atoms with Crippen LogP contribution in [-0.2, 0) is 11.2 Å². The Labute approximate surface area is 109 Å².